The van der Waals surface area contributed by atoms with Gasteiger partial charge >= 0.3 is 6.18 Å². The molecule has 1 aliphatic rings. The number of hydrogen-bond donors (Lipinski definition) is 3. The lowest BCUT2D eigenvalue weighted by molar-refractivity contribution is -0.126. The molecule has 2 heterocycles. The summed E-state index contributed by atoms with van der Waals surface area (Å²) in [5.74, 6) is 5.97. The van der Waals surface area contributed by atoms with Crippen LogP contribution in [0.5, 0.6) is 5.75 Å². The number of ether oxygens (including phenoxy) is 3. The van der Waals surface area contributed by atoms with Crippen LogP contribution in [0.25, 0.3) is 10.1 Å². The molecule has 3 aromatic rings. The number of benzene rings is 2. The summed E-state index contributed by atoms with van der Waals surface area (Å²) in [4.78, 5) is 14.7. The zero-order chi connectivity index (χ0) is 32.4. The molecule has 2 atom stereocenters. The maximum atomic E-state index is 14.7. The molecule has 2 aromatic carbocycles. The van der Waals surface area contributed by atoms with Crippen molar-refractivity contribution in [2.24, 2.45) is 0 Å². The molecule has 1 saturated heterocycles. The number of methoxy groups -OCH3 is 2. The van der Waals surface area contributed by atoms with E-state index in [0.717, 1.165) is 6.54 Å². The number of amides is 1. The van der Waals surface area contributed by atoms with Crippen molar-refractivity contribution in [2.45, 2.75) is 31.2 Å². The van der Waals surface area contributed by atoms with Crippen molar-refractivity contribution in [3.8, 4) is 17.6 Å². The van der Waals surface area contributed by atoms with Gasteiger partial charge in [0, 0.05) is 32.3 Å². The van der Waals surface area contributed by atoms with Gasteiger partial charge in [0.2, 0.25) is 0 Å². The SMILES string of the molecule is COCCOCCNC(=O)c1ccc(NCC#Cc2sc3c(N[C@@H]4CCN(C)C[C@@H]4F)cccc3c2CC(F)(F)F)c(OC)c1. The Morgan fingerprint density at radius 2 is 1.96 bits per heavy atom. The van der Waals surface area contributed by atoms with Gasteiger partial charge in [-0.2, -0.15) is 13.2 Å². The van der Waals surface area contributed by atoms with Crippen LogP contribution >= 0.6 is 11.3 Å². The van der Waals surface area contributed by atoms with Crippen LogP contribution in [0.15, 0.2) is 36.4 Å². The average molecular weight is 651 g/mol. The van der Waals surface area contributed by atoms with Gasteiger partial charge in [-0.3, -0.25) is 4.79 Å². The van der Waals surface area contributed by atoms with Crippen molar-refractivity contribution in [2.75, 3.05) is 77.9 Å². The number of carbonyl (C=O) groups is 1. The van der Waals surface area contributed by atoms with Gasteiger partial charge in [0.25, 0.3) is 5.91 Å². The van der Waals surface area contributed by atoms with Crippen LogP contribution in [-0.2, 0) is 15.9 Å². The highest BCUT2D eigenvalue weighted by molar-refractivity contribution is 7.20. The predicted molar refractivity (Wildman–Crippen MR) is 169 cm³/mol. The third kappa shape index (κ3) is 9.71. The van der Waals surface area contributed by atoms with Crippen LogP contribution in [0.3, 0.4) is 0 Å². The van der Waals surface area contributed by atoms with Crippen molar-refractivity contribution in [3.63, 3.8) is 0 Å². The summed E-state index contributed by atoms with van der Waals surface area (Å²) in [5, 5.41) is 9.59. The standard InChI is InChI=1S/C32H38F4N4O4S/c1-40-14-11-25(24(33)20-40)39-27-7-4-6-22-23(19-32(34,35)36)29(45-30(22)27)8-5-12-37-26-10-9-21(18-28(26)43-3)31(41)38-13-15-44-17-16-42-2/h4,6-7,9-10,18,24-25,37,39H,11-17,19-20H2,1-3H3,(H,38,41)/t24-,25+/m0/s1. The number of nitrogens with one attached hydrogen (secondary N) is 3. The first kappa shape index (κ1) is 34.3. The largest absolute Gasteiger partial charge is 0.495 e. The van der Waals surface area contributed by atoms with Gasteiger partial charge in [-0.15, -0.1) is 11.3 Å². The Bertz CT molecular complexity index is 1500. The topological polar surface area (TPSA) is 84.1 Å². The quantitative estimate of drug-likeness (QED) is 0.131. The lowest BCUT2D eigenvalue weighted by Gasteiger charge is -2.33. The Morgan fingerprint density at radius 1 is 1.13 bits per heavy atom. The van der Waals surface area contributed by atoms with Gasteiger partial charge in [0.1, 0.15) is 11.9 Å². The maximum Gasteiger partial charge on any atom is 0.393 e. The van der Waals surface area contributed by atoms with Gasteiger partial charge in [0.15, 0.2) is 0 Å². The number of anilines is 2. The summed E-state index contributed by atoms with van der Waals surface area (Å²) >= 11 is 1.17. The Morgan fingerprint density at radius 3 is 2.69 bits per heavy atom. The number of alkyl halides is 4. The summed E-state index contributed by atoms with van der Waals surface area (Å²) in [5.41, 5.74) is 1.68. The van der Waals surface area contributed by atoms with E-state index in [-0.39, 0.29) is 18.0 Å². The fourth-order valence-corrected chi connectivity index (χ4v) is 6.18. The second-order valence-electron chi connectivity index (χ2n) is 10.6. The molecule has 45 heavy (non-hydrogen) atoms. The summed E-state index contributed by atoms with van der Waals surface area (Å²) in [7, 11) is 4.92. The smallest absolute Gasteiger partial charge is 0.393 e. The van der Waals surface area contributed by atoms with E-state index >= 15 is 0 Å². The summed E-state index contributed by atoms with van der Waals surface area (Å²) in [6, 6.07) is 9.58. The Kier molecular flexibility index (Phi) is 12.3. The van der Waals surface area contributed by atoms with Crippen molar-refractivity contribution >= 4 is 38.7 Å². The zero-order valence-corrected chi connectivity index (χ0v) is 26.3. The lowest BCUT2D eigenvalue weighted by atomic mass is 10.0. The van der Waals surface area contributed by atoms with E-state index in [1.165, 1.54) is 18.4 Å². The molecule has 8 nitrogen and oxygen atoms in total. The van der Waals surface area contributed by atoms with E-state index in [0.29, 0.717) is 77.0 Å². The van der Waals surface area contributed by atoms with Crippen molar-refractivity contribution in [1.82, 2.24) is 10.2 Å². The lowest BCUT2D eigenvalue weighted by Crippen LogP contribution is -2.46. The van der Waals surface area contributed by atoms with E-state index in [9.17, 15) is 22.4 Å². The monoisotopic (exact) mass is 650 g/mol. The normalized spacial score (nSPS) is 17.0. The third-order valence-electron chi connectivity index (χ3n) is 7.28. The molecule has 0 aliphatic carbocycles. The molecule has 3 N–H and O–H groups in total. The molecule has 1 aliphatic heterocycles. The van der Waals surface area contributed by atoms with Crippen LogP contribution in [0.4, 0.5) is 28.9 Å². The molecule has 1 aromatic heterocycles. The molecule has 0 spiro atoms. The van der Waals surface area contributed by atoms with E-state index < -0.39 is 24.8 Å². The molecule has 0 saturated carbocycles. The highest BCUT2D eigenvalue weighted by Crippen LogP contribution is 2.39. The predicted octanol–water partition coefficient (Wildman–Crippen LogP) is 5.33. The second-order valence-corrected chi connectivity index (χ2v) is 11.7. The molecular formula is C32H38F4N4O4S. The second kappa shape index (κ2) is 16.1. The Hall–Kier alpha value is -3.57. The molecule has 4 rings (SSSR count). The molecule has 13 heteroatoms. The molecule has 0 bridgehead atoms. The molecule has 0 radical (unpaired) electrons. The molecule has 244 valence electrons. The third-order valence-corrected chi connectivity index (χ3v) is 8.47. The average Bonchev–Trinajstić information content (AvgIpc) is 3.34. The first-order valence-corrected chi connectivity index (χ1v) is 15.4. The van der Waals surface area contributed by atoms with Gasteiger partial charge in [0.05, 0.1) is 66.9 Å². The maximum absolute atomic E-state index is 14.7. The highest BCUT2D eigenvalue weighted by atomic mass is 32.1. The number of hydrogen-bond acceptors (Lipinski definition) is 8. The number of likely N-dealkylation sites (tertiary alicyclic amines) is 1. The van der Waals surface area contributed by atoms with Crippen LogP contribution in [-0.4, -0.2) is 96.5 Å². The van der Waals surface area contributed by atoms with Crippen molar-refractivity contribution in [3.05, 3.63) is 52.4 Å². The number of piperidine rings is 1. The van der Waals surface area contributed by atoms with Crippen LogP contribution in [0.1, 0.15) is 27.2 Å². The molecule has 1 amide bonds. The minimum Gasteiger partial charge on any atom is -0.495 e. The number of rotatable bonds is 13. The van der Waals surface area contributed by atoms with Gasteiger partial charge in [-0.25, -0.2) is 4.39 Å². The summed E-state index contributed by atoms with van der Waals surface area (Å²) < 4.78 is 71.9. The zero-order valence-electron chi connectivity index (χ0n) is 25.5. The number of thiophene rings is 1. The van der Waals surface area contributed by atoms with Crippen molar-refractivity contribution < 1.29 is 36.6 Å². The Balaban J connectivity index is 1.46. The molecule has 0 unspecified atom stereocenters. The van der Waals surface area contributed by atoms with Crippen molar-refractivity contribution in [1.29, 1.82) is 0 Å². The minimum atomic E-state index is -4.43. The molecular weight excluding hydrogens is 612 g/mol. The van der Waals surface area contributed by atoms with Gasteiger partial charge in [-0.05, 0) is 48.7 Å². The number of fused-ring (bicyclic) bond motifs is 1. The van der Waals surface area contributed by atoms with Crippen LogP contribution in [0.2, 0.25) is 0 Å². The first-order valence-electron chi connectivity index (χ1n) is 14.6. The van der Waals surface area contributed by atoms with E-state index in [4.69, 9.17) is 14.2 Å². The Labute approximate surface area is 264 Å². The minimum absolute atomic E-state index is 0.107. The molecule has 1 fully saturated rings. The number of carbonyl (C=O) groups excluding carboxylic acids is 1. The fraction of sp³-hybridized carbons (Fsp3) is 0.469. The summed E-state index contributed by atoms with van der Waals surface area (Å²) in [6.07, 6.45) is -6.05. The van der Waals surface area contributed by atoms with Crippen LogP contribution in [0, 0.1) is 11.8 Å². The number of halogens is 4. The first-order chi connectivity index (χ1) is 21.6. The van der Waals surface area contributed by atoms with Gasteiger partial charge in [-0.1, -0.05) is 24.0 Å². The van der Waals surface area contributed by atoms with E-state index in [2.05, 4.69) is 27.8 Å². The summed E-state index contributed by atoms with van der Waals surface area (Å²) in [6.45, 7) is 2.74. The van der Waals surface area contributed by atoms with E-state index in [1.807, 2.05) is 11.9 Å². The highest BCUT2D eigenvalue weighted by Gasteiger charge is 2.32. The number of nitrogens with zero attached hydrogens (tertiary/aromatic N) is 1. The van der Waals surface area contributed by atoms with Crippen LogP contribution < -0.4 is 20.7 Å². The van der Waals surface area contributed by atoms with E-state index in [1.54, 1.807) is 43.5 Å². The van der Waals surface area contributed by atoms with Gasteiger partial charge < -0.3 is 35.1 Å². The fourth-order valence-electron chi connectivity index (χ4n) is 5.01.